The zero-order valence-electron chi connectivity index (χ0n) is 14.3. The summed E-state index contributed by atoms with van der Waals surface area (Å²) in [7, 11) is 0. The summed E-state index contributed by atoms with van der Waals surface area (Å²) in [6.45, 7) is 2.01. The number of hydrogen-bond donors (Lipinski definition) is 2. The highest BCUT2D eigenvalue weighted by molar-refractivity contribution is 7.98. The average molecular weight is 355 g/mol. The summed E-state index contributed by atoms with van der Waals surface area (Å²) in [5.41, 5.74) is 2.68. The van der Waals surface area contributed by atoms with Crippen molar-refractivity contribution in [3.8, 4) is 0 Å². The Balaban J connectivity index is 1.76. The molecule has 0 bridgehead atoms. The fourth-order valence-corrected chi connectivity index (χ4v) is 3.03. The van der Waals surface area contributed by atoms with Crippen LogP contribution in [-0.2, 0) is 0 Å². The Hall–Kier alpha value is -2.54. The number of urea groups is 1. The van der Waals surface area contributed by atoms with Gasteiger partial charge in [0.15, 0.2) is 11.5 Å². The van der Waals surface area contributed by atoms with E-state index in [2.05, 4.69) is 20.8 Å². The number of amides is 2. The van der Waals surface area contributed by atoms with Gasteiger partial charge in [-0.2, -0.15) is 11.8 Å². The normalized spacial score (nSPS) is 12.1. The van der Waals surface area contributed by atoms with Crippen molar-refractivity contribution in [1.82, 2.24) is 19.9 Å². The molecule has 3 aromatic rings. The molecule has 0 aliphatic carbocycles. The van der Waals surface area contributed by atoms with E-state index in [1.807, 2.05) is 66.2 Å². The molecule has 0 spiro atoms. The fourth-order valence-electron chi connectivity index (χ4n) is 2.56. The topological polar surface area (TPSA) is 71.3 Å². The van der Waals surface area contributed by atoms with E-state index >= 15 is 0 Å². The molecule has 0 aliphatic heterocycles. The monoisotopic (exact) mass is 355 g/mol. The number of thioether (sulfide) groups is 1. The quantitative estimate of drug-likeness (QED) is 0.708. The summed E-state index contributed by atoms with van der Waals surface area (Å²) in [6.07, 6.45) is 4.74. The summed E-state index contributed by atoms with van der Waals surface area (Å²) in [5.74, 6) is 1.65. The van der Waals surface area contributed by atoms with Crippen LogP contribution < -0.4 is 10.6 Å². The lowest BCUT2D eigenvalue weighted by Crippen LogP contribution is -2.34. The van der Waals surface area contributed by atoms with Crippen molar-refractivity contribution in [1.29, 1.82) is 0 Å². The highest BCUT2D eigenvalue weighted by atomic mass is 32.2. The first-order valence-electron chi connectivity index (χ1n) is 8.10. The van der Waals surface area contributed by atoms with Crippen LogP contribution >= 0.6 is 11.8 Å². The minimum absolute atomic E-state index is 0.213. The lowest BCUT2D eigenvalue weighted by molar-refractivity contribution is 0.247. The van der Waals surface area contributed by atoms with Crippen molar-refractivity contribution >= 4 is 29.1 Å². The fraction of sp³-hybridized carbons (Fsp3) is 0.278. The van der Waals surface area contributed by atoms with Gasteiger partial charge in [-0.3, -0.25) is 4.40 Å². The smallest absolute Gasteiger partial charge is 0.319 e. The molecule has 1 unspecified atom stereocenters. The second-order valence-corrected chi connectivity index (χ2v) is 6.77. The molecule has 25 heavy (non-hydrogen) atoms. The van der Waals surface area contributed by atoms with Crippen LogP contribution in [0.4, 0.5) is 10.5 Å². The number of nitrogens with one attached hydrogen (secondary N) is 2. The first-order chi connectivity index (χ1) is 12.2. The van der Waals surface area contributed by atoms with Crippen LogP contribution in [0.1, 0.15) is 23.9 Å². The SMILES string of the molecule is CSCCC(NC(=O)Nc1ccc(C)cc1)c1nnc2ccccn12. The second kappa shape index (κ2) is 8.02. The summed E-state index contributed by atoms with van der Waals surface area (Å²) in [6, 6.07) is 13.0. The molecule has 130 valence electrons. The molecule has 2 N–H and O–H groups in total. The summed E-state index contributed by atoms with van der Waals surface area (Å²) in [4.78, 5) is 12.4. The predicted molar refractivity (Wildman–Crippen MR) is 102 cm³/mol. The number of fused-ring (bicyclic) bond motifs is 1. The van der Waals surface area contributed by atoms with Crippen molar-refractivity contribution in [2.24, 2.45) is 0 Å². The third-order valence-corrected chi connectivity index (χ3v) is 4.52. The number of pyridine rings is 1. The van der Waals surface area contributed by atoms with Gasteiger partial charge in [-0.25, -0.2) is 4.79 Å². The van der Waals surface area contributed by atoms with Crippen molar-refractivity contribution in [2.75, 3.05) is 17.3 Å². The number of carbonyl (C=O) groups is 1. The van der Waals surface area contributed by atoms with Crippen molar-refractivity contribution in [3.63, 3.8) is 0 Å². The van der Waals surface area contributed by atoms with Gasteiger partial charge >= 0.3 is 6.03 Å². The van der Waals surface area contributed by atoms with Gasteiger partial charge < -0.3 is 10.6 Å². The number of carbonyl (C=O) groups excluding carboxylic acids is 1. The zero-order chi connectivity index (χ0) is 17.6. The first kappa shape index (κ1) is 17.3. The maximum Gasteiger partial charge on any atom is 0.319 e. The van der Waals surface area contributed by atoms with Crippen LogP contribution in [0.5, 0.6) is 0 Å². The Morgan fingerprint density at radius 1 is 1.20 bits per heavy atom. The highest BCUT2D eigenvalue weighted by Gasteiger charge is 2.20. The van der Waals surface area contributed by atoms with Gasteiger partial charge in [-0.1, -0.05) is 23.8 Å². The molecular formula is C18H21N5OS. The maximum absolute atomic E-state index is 12.4. The molecule has 1 atom stereocenters. The average Bonchev–Trinajstić information content (AvgIpc) is 3.04. The molecule has 0 radical (unpaired) electrons. The number of hydrogen-bond acceptors (Lipinski definition) is 4. The molecule has 2 amide bonds. The van der Waals surface area contributed by atoms with Crippen LogP contribution in [0.3, 0.4) is 0 Å². The van der Waals surface area contributed by atoms with E-state index in [0.29, 0.717) is 0 Å². The van der Waals surface area contributed by atoms with E-state index in [1.54, 1.807) is 11.8 Å². The van der Waals surface area contributed by atoms with Crippen molar-refractivity contribution in [2.45, 2.75) is 19.4 Å². The summed E-state index contributed by atoms with van der Waals surface area (Å²) >= 11 is 1.74. The van der Waals surface area contributed by atoms with Crippen LogP contribution in [0.25, 0.3) is 5.65 Å². The van der Waals surface area contributed by atoms with E-state index in [0.717, 1.165) is 34.9 Å². The Morgan fingerprint density at radius 3 is 2.76 bits per heavy atom. The van der Waals surface area contributed by atoms with Crippen LogP contribution in [0, 0.1) is 6.92 Å². The third kappa shape index (κ3) is 4.30. The molecule has 0 saturated heterocycles. The molecule has 0 fully saturated rings. The Bertz CT molecular complexity index is 846. The van der Waals surface area contributed by atoms with Gasteiger partial charge in [-0.15, -0.1) is 10.2 Å². The van der Waals surface area contributed by atoms with E-state index in [-0.39, 0.29) is 12.1 Å². The Labute approximate surface area is 151 Å². The third-order valence-electron chi connectivity index (χ3n) is 3.88. The molecule has 3 rings (SSSR count). The summed E-state index contributed by atoms with van der Waals surface area (Å²) < 4.78 is 1.91. The number of aromatic nitrogens is 3. The maximum atomic E-state index is 12.4. The van der Waals surface area contributed by atoms with Crippen LogP contribution in [-0.4, -0.2) is 32.6 Å². The van der Waals surface area contributed by atoms with E-state index in [1.165, 1.54) is 0 Å². The molecule has 0 saturated carbocycles. The van der Waals surface area contributed by atoms with Gasteiger partial charge in [0.2, 0.25) is 0 Å². The minimum atomic E-state index is -0.248. The molecule has 1 aromatic carbocycles. The molecule has 6 nitrogen and oxygen atoms in total. The van der Waals surface area contributed by atoms with Crippen molar-refractivity contribution < 1.29 is 4.79 Å². The number of rotatable bonds is 6. The van der Waals surface area contributed by atoms with Gasteiger partial charge in [0.1, 0.15) is 0 Å². The predicted octanol–water partition coefficient (Wildman–Crippen LogP) is 3.65. The minimum Gasteiger partial charge on any atom is -0.328 e. The van der Waals surface area contributed by atoms with Crippen molar-refractivity contribution in [3.05, 3.63) is 60.0 Å². The lowest BCUT2D eigenvalue weighted by atomic mass is 10.2. The number of aryl methyl sites for hydroxylation is 1. The summed E-state index contributed by atoms with van der Waals surface area (Å²) in [5, 5.41) is 14.4. The highest BCUT2D eigenvalue weighted by Crippen LogP contribution is 2.18. The molecule has 0 aliphatic rings. The number of benzene rings is 1. The number of anilines is 1. The van der Waals surface area contributed by atoms with Crippen LogP contribution in [0.2, 0.25) is 0 Å². The van der Waals surface area contributed by atoms with Gasteiger partial charge in [0.05, 0.1) is 6.04 Å². The standard InChI is InChI=1S/C18H21N5OS/c1-13-6-8-14(9-7-13)19-18(24)20-15(10-12-25-2)17-22-21-16-5-3-4-11-23(16)17/h3-9,11,15H,10,12H2,1-2H3,(H2,19,20,24). The zero-order valence-corrected chi connectivity index (χ0v) is 15.1. The van der Waals surface area contributed by atoms with Gasteiger partial charge in [0, 0.05) is 11.9 Å². The van der Waals surface area contributed by atoms with E-state index in [9.17, 15) is 4.79 Å². The molecule has 2 heterocycles. The van der Waals surface area contributed by atoms with E-state index in [4.69, 9.17) is 0 Å². The Morgan fingerprint density at radius 2 is 2.00 bits per heavy atom. The molecule has 2 aromatic heterocycles. The van der Waals surface area contributed by atoms with Crippen LogP contribution in [0.15, 0.2) is 48.7 Å². The number of nitrogens with zero attached hydrogens (tertiary/aromatic N) is 3. The first-order valence-corrected chi connectivity index (χ1v) is 9.49. The van der Waals surface area contributed by atoms with E-state index < -0.39 is 0 Å². The second-order valence-electron chi connectivity index (χ2n) is 5.79. The molecular weight excluding hydrogens is 334 g/mol. The Kier molecular flexibility index (Phi) is 5.55. The molecule has 7 heteroatoms. The lowest BCUT2D eigenvalue weighted by Gasteiger charge is -2.17. The van der Waals surface area contributed by atoms with Gasteiger partial charge in [-0.05, 0) is 49.6 Å². The van der Waals surface area contributed by atoms with Gasteiger partial charge in [0.25, 0.3) is 0 Å². The largest absolute Gasteiger partial charge is 0.328 e.